The van der Waals surface area contributed by atoms with Crippen LogP contribution >= 0.6 is 0 Å². The van der Waals surface area contributed by atoms with E-state index in [4.69, 9.17) is 0 Å². The van der Waals surface area contributed by atoms with E-state index in [0.29, 0.717) is 11.4 Å². The number of nitrogens with zero attached hydrogens (tertiary/aromatic N) is 1. The average molecular weight is 290 g/mol. The molecule has 0 aliphatic heterocycles. The van der Waals surface area contributed by atoms with Crippen LogP contribution in [0.5, 0.6) is 0 Å². The number of rotatable bonds is 6. The van der Waals surface area contributed by atoms with Gasteiger partial charge in [0, 0.05) is 13.3 Å². The number of unbranched alkanes of at least 4 members (excludes halogenated alkanes) is 2. The molecule has 2 unspecified atom stereocenters. The number of carbonyl (C=O) groups excluding carboxylic acids is 1. The third-order valence-electron chi connectivity index (χ3n) is 2.91. The van der Waals surface area contributed by atoms with Gasteiger partial charge in [-0.2, -0.15) is 0 Å². The molecule has 2 atom stereocenters. The van der Waals surface area contributed by atoms with Crippen LogP contribution in [0.25, 0.3) is 0 Å². The SMILES string of the molecule is CCCCC#Cc1cccc(C(O)C(CO)NC(C)=O)n1. The zero-order valence-electron chi connectivity index (χ0n) is 12.5. The summed E-state index contributed by atoms with van der Waals surface area (Å²) in [5.74, 6) is 5.67. The molecule has 1 heterocycles. The fourth-order valence-electron chi connectivity index (χ4n) is 1.80. The Morgan fingerprint density at radius 2 is 2.24 bits per heavy atom. The lowest BCUT2D eigenvalue weighted by molar-refractivity contribution is -0.121. The lowest BCUT2D eigenvalue weighted by Crippen LogP contribution is -2.41. The molecule has 114 valence electrons. The van der Waals surface area contributed by atoms with Crippen molar-refractivity contribution in [2.75, 3.05) is 6.61 Å². The fraction of sp³-hybridized carbons (Fsp3) is 0.500. The van der Waals surface area contributed by atoms with Gasteiger partial charge in [-0.3, -0.25) is 4.79 Å². The number of aromatic nitrogens is 1. The summed E-state index contributed by atoms with van der Waals surface area (Å²) in [6.07, 6.45) is 1.88. The maximum atomic E-state index is 11.0. The molecule has 1 amide bonds. The minimum Gasteiger partial charge on any atom is -0.394 e. The zero-order valence-corrected chi connectivity index (χ0v) is 12.5. The van der Waals surface area contributed by atoms with Gasteiger partial charge in [0.25, 0.3) is 0 Å². The Morgan fingerprint density at radius 1 is 1.48 bits per heavy atom. The first-order chi connectivity index (χ1) is 10.1. The van der Waals surface area contributed by atoms with Crippen molar-refractivity contribution in [2.24, 2.45) is 0 Å². The molecule has 0 bridgehead atoms. The van der Waals surface area contributed by atoms with Gasteiger partial charge in [0.05, 0.1) is 18.3 Å². The largest absolute Gasteiger partial charge is 0.394 e. The van der Waals surface area contributed by atoms with Crippen LogP contribution in [0.4, 0.5) is 0 Å². The molecular formula is C16H22N2O3. The van der Waals surface area contributed by atoms with Crippen molar-refractivity contribution in [3.8, 4) is 11.8 Å². The molecule has 5 nitrogen and oxygen atoms in total. The summed E-state index contributed by atoms with van der Waals surface area (Å²) < 4.78 is 0. The van der Waals surface area contributed by atoms with E-state index in [9.17, 15) is 15.0 Å². The molecule has 0 fully saturated rings. The second kappa shape index (κ2) is 9.11. The van der Waals surface area contributed by atoms with Crippen molar-refractivity contribution in [2.45, 2.75) is 45.3 Å². The van der Waals surface area contributed by atoms with Gasteiger partial charge in [-0.15, -0.1) is 0 Å². The first-order valence-corrected chi connectivity index (χ1v) is 7.10. The summed E-state index contributed by atoms with van der Waals surface area (Å²) in [7, 11) is 0. The molecule has 3 N–H and O–H groups in total. The number of pyridine rings is 1. The van der Waals surface area contributed by atoms with E-state index < -0.39 is 12.1 Å². The average Bonchev–Trinajstić information content (AvgIpc) is 2.48. The van der Waals surface area contributed by atoms with Gasteiger partial charge in [-0.05, 0) is 24.5 Å². The van der Waals surface area contributed by atoms with E-state index in [1.165, 1.54) is 6.92 Å². The van der Waals surface area contributed by atoms with Crippen LogP contribution < -0.4 is 5.32 Å². The fourth-order valence-corrected chi connectivity index (χ4v) is 1.80. The van der Waals surface area contributed by atoms with Crippen molar-refractivity contribution in [1.82, 2.24) is 10.3 Å². The Hall–Kier alpha value is -1.90. The molecule has 0 spiro atoms. The first kappa shape index (κ1) is 17.2. The van der Waals surface area contributed by atoms with E-state index >= 15 is 0 Å². The minimum absolute atomic E-state index is 0.316. The van der Waals surface area contributed by atoms with Crippen LogP contribution in [-0.2, 0) is 4.79 Å². The highest BCUT2D eigenvalue weighted by Crippen LogP contribution is 2.14. The standard InChI is InChI=1S/C16H22N2O3/c1-3-4-5-6-8-13-9-7-10-14(18-13)16(21)15(11-19)17-12(2)20/h7,9-10,15-16,19,21H,3-5,11H2,1-2H3,(H,17,20). The molecule has 1 aromatic rings. The molecule has 1 rings (SSSR count). The Morgan fingerprint density at radius 3 is 2.86 bits per heavy atom. The third kappa shape index (κ3) is 5.94. The van der Waals surface area contributed by atoms with Crippen molar-refractivity contribution < 1.29 is 15.0 Å². The number of hydrogen-bond donors (Lipinski definition) is 3. The Balaban J connectivity index is 2.81. The second-order valence-corrected chi connectivity index (χ2v) is 4.79. The molecule has 0 aromatic carbocycles. The predicted octanol–water partition coefficient (Wildman–Crippen LogP) is 1.15. The normalized spacial score (nSPS) is 13.0. The van der Waals surface area contributed by atoms with Gasteiger partial charge in [-0.1, -0.05) is 25.3 Å². The van der Waals surface area contributed by atoms with Crippen LogP contribution in [0, 0.1) is 11.8 Å². The summed E-state index contributed by atoms with van der Waals surface area (Å²) in [5, 5.41) is 21.9. The molecule has 5 heteroatoms. The molecule has 0 saturated carbocycles. The Labute approximate surface area is 125 Å². The number of nitrogens with one attached hydrogen (secondary N) is 1. The van der Waals surface area contributed by atoms with Crippen LogP contribution in [0.3, 0.4) is 0 Å². The van der Waals surface area contributed by atoms with E-state index in [1.54, 1.807) is 18.2 Å². The monoisotopic (exact) mass is 290 g/mol. The smallest absolute Gasteiger partial charge is 0.217 e. The van der Waals surface area contributed by atoms with E-state index in [0.717, 1.165) is 19.3 Å². The van der Waals surface area contributed by atoms with Crippen LogP contribution in [0.1, 0.15) is 50.6 Å². The number of carbonyl (C=O) groups is 1. The summed E-state index contributed by atoms with van der Waals surface area (Å²) in [6, 6.07) is 4.38. The predicted molar refractivity (Wildman–Crippen MR) is 80.3 cm³/mol. The second-order valence-electron chi connectivity index (χ2n) is 4.79. The van der Waals surface area contributed by atoms with Gasteiger partial charge in [0.1, 0.15) is 11.8 Å². The van der Waals surface area contributed by atoms with E-state index in [2.05, 4.69) is 29.1 Å². The molecule has 1 aromatic heterocycles. The summed E-state index contributed by atoms with van der Waals surface area (Å²) >= 11 is 0. The van der Waals surface area contributed by atoms with Crippen molar-refractivity contribution in [3.63, 3.8) is 0 Å². The zero-order chi connectivity index (χ0) is 15.7. The quantitative estimate of drug-likeness (QED) is 0.542. The third-order valence-corrected chi connectivity index (χ3v) is 2.91. The summed E-state index contributed by atoms with van der Waals surface area (Å²) in [5.41, 5.74) is 0.951. The van der Waals surface area contributed by atoms with Gasteiger partial charge in [-0.25, -0.2) is 4.98 Å². The minimum atomic E-state index is -1.07. The van der Waals surface area contributed by atoms with Crippen LogP contribution in [0.15, 0.2) is 18.2 Å². The van der Waals surface area contributed by atoms with Crippen molar-refractivity contribution >= 4 is 5.91 Å². The number of hydrogen-bond acceptors (Lipinski definition) is 4. The lowest BCUT2D eigenvalue weighted by Gasteiger charge is -2.21. The van der Waals surface area contributed by atoms with Gasteiger partial charge < -0.3 is 15.5 Å². The molecule has 0 saturated heterocycles. The molecule has 0 aliphatic carbocycles. The van der Waals surface area contributed by atoms with Gasteiger partial charge >= 0.3 is 0 Å². The van der Waals surface area contributed by atoms with Crippen molar-refractivity contribution in [1.29, 1.82) is 0 Å². The number of aliphatic hydroxyl groups excluding tert-OH is 2. The van der Waals surface area contributed by atoms with Crippen molar-refractivity contribution in [3.05, 3.63) is 29.6 Å². The first-order valence-electron chi connectivity index (χ1n) is 7.10. The lowest BCUT2D eigenvalue weighted by atomic mass is 10.1. The highest BCUT2D eigenvalue weighted by atomic mass is 16.3. The maximum Gasteiger partial charge on any atom is 0.217 e. The highest BCUT2D eigenvalue weighted by molar-refractivity contribution is 5.73. The van der Waals surface area contributed by atoms with E-state index in [1.807, 2.05) is 0 Å². The highest BCUT2D eigenvalue weighted by Gasteiger charge is 2.22. The number of amides is 1. The Kier molecular flexibility index (Phi) is 7.44. The van der Waals surface area contributed by atoms with Crippen LogP contribution in [-0.4, -0.2) is 33.8 Å². The topological polar surface area (TPSA) is 82.5 Å². The molecule has 0 radical (unpaired) electrons. The van der Waals surface area contributed by atoms with Gasteiger partial charge in [0.2, 0.25) is 5.91 Å². The maximum absolute atomic E-state index is 11.0. The molecule has 21 heavy (non-hydrogen) atoms. The summed E-state index contributed by atoms with van der Waals surface area (Å²) in [6.45, 7) is 3.07. The van der Waals surface area contributed by atoms with E-state index in [-0.39, 0.29) is 12.5 Å². The van der Waals surface area contributed by atoms with Crippen LogP contribution in [0.2, 0.25) is 0 Å². The molecule has 0 aliphatic rings. The summed E-state index contributed by atoms with van der Waals surface area (Å²) in [4.78, 5) is 15.3. The molecular weight excluding hydrogens is 268 g/mol. The Bertz CT molecular complexity index is 520. The number of aliphatic hydroxyl groups is 2. The van der Waals surface area contributed by atoms with Gasteiger partial charge in [0.15, 0.2) is 0 Å².